The van der Waals surface area contributed by atoms with Crippen LogP contribution < -0.4 is 0 Å². The normalized spacial score (nSPS) is 11.1. The number of nitrogens with zero attached hydrogens (tertiary/aromatic N) is 2. The average Bonchev–Trinajstić information content (AvgIpc) is 3.06. The van der Waals surface area contributed by atoms with Gasteiger partial charge in [0.1, 0.15) is 5.65 Å². The third kappa shape index (κ3) is 2.24. The van der Waals surface area contributed by atoms with Crippen LogP contribution in [0.25, 0.3) is 28.0 Å². The third-order valence-corrected chi connectivity index (χ3v) is 4.19. The fraction of sp³-hybridized carbons (Fsp3) is 0.100. The van der Waals surface area contributed by atoms with Crippen LogP contribution in [0.5, 0.6) is 0 Å². The van der Waals surface area contributed by atoms with E-state index in [-0.39, 0.29) is 5.97 Å². The van der Waals surface area contributed by atoms with Gasteiger partial charge in [0, 0.05) is 18.0 Å². The van der Waals surface area contributed by atoms with E-state index < -0.39 is 0 Å². The van der Waals surface area contributed by atoms with Crippen LogP contribution in [0.15, 0.2) is 60.9 Å². The van der Waals surface area contributed by atoms with Gasteiger partial charge in [0.25, 0.3) is 0 Å². The Bertz CT molecular complexity index is 1030. The number of aromatic nitrogens is 2. The molecule has 0 bridgehead atoms. The lowest BCUT2D eigenvalue weighted by atomic mass is 10.1. The molecule has 118 valence electrons. The summed E-state index contributed by atoms with van der Waals surface area (Å²) in [4.78, 5) is 16.8. The summed E-state index contributed by atoms with van der Waals surface area (Å²) in [5, 5.41) is 0. The van der Waals surface area contributed by atoms with Gasteiger partial charge in [-0.05, 0) is 35.7 Å². The Morgan fingerprint density at radius 1 is 1.00 bits per heavy atom. The summed E-state index contributed by atoms with van der Waals surface area (Å²) >= 11 is 0. The molecule has 24 heavy (non-hydrogen) atoms. The molecule has 0 aromatic carbocycles. The summed E-state index contributed by atoms with van der Waals surface area (Å²) in [6, 6.07) is 15.7. The minimum absolute atomic E-state index is 0.336. The van der Waals surface area contributed by atoms with E-state index in [9.17, 15) is 4.79 Å². The lowest BCUT2D eigenvalue weighted by molar-refractivity contribution is 0.0602. The number of hydrogen-bond acceptors (Lipinski definition) is 3. The first-order valence-corrected chi connectivity index (χ1v) is 7.73. The summed E-state index contributed by atoms with van der Waals surface area (Å²) < 4.78 is 6.94. The molecule has 0 amide bonds. The van der Waals surface area contributed by atoms with Crippen molar-refractivity contribution in [3.05, 3.63) is 72.1 Å². The standard InChI is InChI=1S/C20H16N2O2/c1-13-8-9-19-21-18(12-22(19)11-13)16-10-17(20(23)24-2)15-7-5-3-4-6-14(15)16/h3-12H,1-2H3. The van der Waals surface area contributed by atoms with Crippen LogP contribution in [0, 0.1) is 6.92 Å². The number of imidazole rings is 1. The van der Waals surface area contributed by atoms with E-state index in [0.717, 1.165) is 28.0 Å². The first kappa shape index (κ1) is 14.5. The molecule has 0 unspecified atom stereocenters. The van der Waals surface area contributed by atoms with Crippen molar-refractivity contribution in [3.63, 3.8) is 0 Å². The smallest absolute Gasteiger partial charge is 0.338 e. The first-order chi connectivity index (χ1) is 11.7. The molecular weight excluding hydrogens is 300 g/mol. The van der Waals surface area contributed by atoms with E-state index in [2.05, 4.69) is 0 Å². The van der Waals surface area contributed by atoms with Gasteiger partial charge in [-0.3, -0.25) is 0 Å². The molecule has 2 heterocycles. The maximum Gasteiger partial charge on any atom is 0.338 e. The number of aryl methyl sites for hydroxylation is 1. The molecule has 0 atom stereocenters. The second-order valence-electron chi connectivity index (χ2n) is 5.80. The number of fused-ring (bicyclic) bond motifs is 2. The fourth-order valence-corrected chi connectivity index (χ4v) is 3.04. The molecule has 2 aliphatic rings. The number of carbonyl (C=O) groups is 1. The van der Waals surface area contributed by atoms with Gasteiger partial charge in [0.2, 0.25) is 0 Å². The highest BCUT2D eigenvalue weighted by Crippen LogP contribution is 2.38. The highest BCUT2D eigenvalue weighted by Gasteiger charge is 2.22. The third-order valence-electron chi connectivity index (χ3n) is 4.19. The molecule has 0 radical (unpaired) electrons. The number of ether oxygens (including phenoxy) is 1. The van der Waals surface area contributed by atoms with Crippen LogP contribution >= 0.6 is 0 Å². The van der Waals surface area contributed by atoms with Crippen molar-refractivity contribution in [1.29, 1.82) is 0 Å². The van der Waals surface area contributed by atoms with Gasteiger partial charge in [-0.2, -0.15) is 0 Å². The zero-order chi connectivity index (χ0) is 16.7. The second kappa shape index (κ2) is 5.49. The van der Waals surface area contributed by atoms with Gasteiger partial charge in [0.05, 0.1) is 18.4 Å². The molecule has 0 fully saturated rings. The van der Waals surface area contributed by atoms with Crippen molar-refractivity contribution in [2.75, 3.05) is 7.11 Å². The number of esters is 1. The minimum Gasteiger partial charge on any atom is -0.465 e. The molecule has 2 aromatic rings. The number of methoxy groups -OCH3 is 1. The molecule has 0 aliphatic heterocycles. The Hall–Kier alpha value is -3.14. The molecule has 0 spiro atoms. The Morgan fingerprint density at radius 2 is 1.79 bits per heavy atom. The highest BCUT2D eigenvalue weighted by molar-refractivity contribution is 6.04. The van der Waals surface area contributed by atoms with E-state index in [4.69, 9.17) is 9.72 Å². The molecule has 2 aromatic heterocycles. The average molecular weight is 316 g/mol. The van der Waals surface area contributed by atoms with Gasteiger partial charge in [0.15, 0.2) is 0 Å². The van der Waals surface area contributed by atoms with Crippen LogP contribution in [0.2, 0.25) is 0 Å². The molecular formula is C20H16N2O2. The molecule has 4 heteroatoms. The summed E-state index contributed by atoms with van der Waals surface area (Å²) in [7, 11) is 1.40. The van der Waals surface area contributed by atoms with Gasteiger partial charge in [-0.15, -0.1) is 0 Å². The van der Waals surface area contributed by atoms with Gasteiger partial charge < -0.3 is 9.14 Å². The van der Waals surface area contributed by atoms with Crippen molar-refractivity contribution >= 4 is 11.6 Å². The summed E-state index contributed by atoms with van der Waals surface area (Å²) in [5.41, 5.74) is 6.24. The summed E-state index contributed by atoms with van der Waals surface area (Å²) in [6.07, 6.45) is 4.03. The van der Waals surface area contributed by atoms with E-state index in [1.165, 1.54) is 12.7 Å². The zero-order valence-corrected chi connectivity index (χ0v) is 13.5. The van der Waals surface area contributed by atoms with E-state index in [0.29, 0.717) is 5.56 Å². The van der Waals surface area contributed by atoms with Crippen LogP contribution in [0.1, 0.15) is 15.9 Å². The monoisotopic (exact) mass is 316 g/mol. The lowest BCUT2D eigenvalue weighted by Gasteiger charge is -1.99. The van der Waals surface area contributed by atoms with Crippen LogP contribution in [-0.4, -0.2) is 22.5 Å². The van der Waals surface area contributed by atoms with Crippen LogP contribution in [-0.2, 0) is 4.74 Å². The maximum absolute atomic E-state index is 12.1. The largest absolute Gasteiger partial charge is 0.465 e. The molecule has 0 saturated carbocycles. The molecule has 0 saturated heterocycles. The first-order valence-electron chi connectivity index (χ1n) is 7.73. The molecule has 4 nitrogen and oxygen atoms in total. The van der Waals surface area contributed by atoms with Gasteiger partial charge in [-0.1, -0.05) is 36.4 Å². The second-order valence-corrected chi connectivity index (χ2v) is 5.80. The topological polar surface area (TPSA) is 43.6 Å². The molecule has 2 aliphatic carbocycles. The number of rotatable bonds is 2. The van der Waals surface area contributed by atoms with E-state index in [1.807, 2.05) is 72.2 Å². The van der Waals surface area contributed by atoms with Crippen molar-refractivity contribution in [3.8, 4) is 22.4 Å². The SMILES string of the molecule is COC(=O)c1cc(-c2cn3cc(C)ccc3n2)c2cccccc1-2. The zero-order valence-electron chi connectivity index (χ0n) is 13.5. The Labute approximate surface area is 139 Å². The summed E-state index contributed by atoms with van der Waals surface area (Å²) in [5.74, 6) is -0.336. The van der Waals surface area contributed by atoms with Gasteiger partial charge in [-0.25, -0.2) is 9.78 Å². The quantitative estimate of drug-likeness (QED) is 0.521. The Kier molecular flexibility index (Phi) is 3.31. The number of hydrogen-bond donors (Lipinski definition) is 0. The van der Waals surface area contributed by atoms with Crippen LogP contribution in [0.4, 0.5) is 0 Å². The molecule has 4 rings (SSSR count). The van der Waals surface area contributed by atoms with Gasteiger partial charge >= 0.3 is 5.97 Å². The predicted octanol–water partition coefficient (Wildman–Crippen LogP) is 4.20. The van der Waals surface area contributed by atoms with Crippen molar-refractivity contribution < 1.29 is 9.53 Å². The molecule has 0 N–H and O–H groups in total. The predicted molar refractivity (Wildman–Crippen MR) is 93.3 cm³/mol. The number of carbonyl (C=O) groups excluding carboxylic acids is 1. The Balaban J connectivity index is 1.97. The summed E-state index contributed by atoms with van der Waals surface area (Å²) in [6.45, 7) is 2.05. The highest BCUT2D eigenvalue weighted by atomic mass is 16.5. The van der Waals surface area contributed by atoms with Crippen molar-refractivity contribution in [2.45, 2.75) is 6.92 Å². The maximum atomic E-state index is 12.1. The minimum atomic E-state index is -0.336. The van der Waals surface area contributed by atoms with E-state index >= 15 is 0 Å². The Morgan fingerprint density at radius 3 is 2.58 bits per heavy atom. The lowest BCUT2D eigenvalue weighted by Crippen LogP contribution is -1.99. The van der Waals surface area contributed by atoms with Crippen LogP contribution in [0.3, 0.4) is 0 Å². The van der Waals surface area contributed by atoms with Crippen molar-refractivity contribution in [1.82, 2.24) is 9.38 Å². The van der Waals surface area contributed by atoms with E-state index in [1.54, 1.807) is 0 Å². The fourth-order valence-electron chi connectivity index (χ4n) is 3.04. The number of pyridine rings is 1. The van der Waals surface area contributed by atoms with Crippen molar-refractivity contribution in [2.24, 2.45) is 0 Å².